The number of hydrogen-bond acceptors (Lipinski definition) is 6. The minimum Gasteiger partial charge on any atom is -0.492 e. The number of hydrogen-bond donors (Lipinski definition) is 2. The molecule has 0 saturated carbocycles. The fourth-order valence-electron chi connectivity index (χ4n) is 3.66. The van der Waals surface area contributed by atoms with Gasteiger partial charge in [0.25, 0.3) is 5.91 Å². The van der Waals surface area contributed by atoms with Crippen molar-refractivity contribution in [1.82, 2.24) is 5.32 Å². The first kappa shape index (κ1) is 23.5. The number of benzene rings is 2. The zero-order valence-corrected chi connectivity index (χ0v) is 19.8. The van der Waals surface area contributed by atoms with E-state index in [9.17, 15) is 14.3 Å². The third-order valence-corrected chi connectivity index (χ3v) is 6.98. The molecule has 1 amide bonds. The largest absolute Gasteiger partial charge is 0.492 e. The van der Waals surface area contributed by atoms with Crippen LogP contribution in [0.3, 0.4) is 0 Å². The molecule has 0 spiro atoms. The highest BCUT2D eigenvalue weighted by Gasteiger charge is 2.33. The molecule has 2 atom stereocenters. The van der Waals surface area contributed by atoms with E-state index in [2.05, 4.69) is 5.32 Å². The summed E-state index contributed by atoms with van der Waals surface area (Å²) >= 11 is 7.89. The number of amides is 1. The van der Waals surface area contributed by atoms with Gasteiger partial charge in [-0.3, -0.25) is 4.79 Å². The van der Waals surface area contributed by atoms with Crippen molar-refractivity contribution in [3.8, 4) is 5.75 Å². The zero-order chi connectivity index (χ0) is 23.5. The molecular formula is C24H24ClFN2O4S. The van der Waals surface area contributed by atoms with Gasteiger partial charge in [-0.05, 0) is 56.3 Å². The Morgan fingerprint density at radius 3 is 2.88 bits per heavy atom. The highest BCUT2D eigenvalue weighted by Crippen LogP contribution is 2.43. The van der Waals surface area contributed by atoms with Gasteiger partial charge in [0.1, 0.15) is 23.6 Å². The Balaban J connectivity index is 1.60. The van der Waals surface area contributed by atoms with Crippen LogP contribution in [0.25, 0.3) is 0 Å². The Morgan fingerprint density at radius 1 is 1.33 bits per heavy atom. The molecule has 3 aromatic rings. The van der Waals surface area contributed by atoms with Crippen LogP contribution >= 0.6 is 23.4 Å². The quantitative estimate of drug-likeness (QED) is 0.473. The number of rotatable bonds is 7. The van der Waals surface area contributed by atoms with Crippen LogP contribution in [-0.4, -0.2) is 29.1 Å². The van der Waals surface area contributed by atoms with Crippen LogP contribution in [0.4, 0.5) is 10.1 Å². The summed E-state index contributed by atoms with van der Waals surface area (Å²) in [5.41, 5.74) is 1.43. The Morgan fingerprint density at radius 2 is 2.15 bits per heavy atom. The SMILES string of the molecule is CCOc1ccc(F)c(CN2c3ccc(C(=O)NCc4ccco4)cc3SC(C)C2O)c1Cl. The maximum absolute atomic E-state index is 14.7. The number of halogens is 2. The van der Waals surface area contributed by atoms with Crippen molar-refractivity contribution in [2.24, 2.45) is 0 Å². The number of carbonyl (C=O) groups excluding carboxylic acids is 1. The van der Waals surface area contributed by atoms with Gasteiger partial charge in [-0.2, -0.15) is 0 Å². The van der Waals surface area contributed by atoms with Gasteiger partial charge in [-0.15, -0.1) is 11.8 Å². The number of nitrogens with zero attached hydrogens (tertiary/aromatic N) is 1. The Labute approximate surface area is 200 Å². The number of carbonyl (C=O) groups is 1. The molecule has 0 aliphatic carbocycles. The predicted molar refractivity (Wildman–Crippen MR) is 126 cm³/mol. The van der Waals surface area contributed by atoms with E-state index in [4.69, 9.17) is 20.8 Å². The molecule has 0 radical (unpaired) electrons. The van der Waals surface area contributed by atoms with E-state index in [1.54, 1.807) is 41.5 Å². The third-order valence-electron chi connectivity index (χ3n) is 5.37. The lowest BCUT2D eigenvalue weighted by Crippen LogP contribution is -2.44. The molecule has 0 fully saturated rings. The monoisotopic (exact) mass is 490 g/mol. The van der Waals surface area contributed by atoms with Crippen LogP contribution in [0.5, 0.6) is 5.75 Å². The average molecular weight is 491 g/mol. The molecule has 174 valence electrons. The molecule has 2 heterocycles. The molecule has 0 saturated heterocycles. The van der Waals surface area contributed by atoms with Gasteiger partial charge in [0.15, 0.2) is 0 Å². The number of ether oxygens (including phenoxy) is 1. The second-order valence-electron chi connectivity index (χ2n) is 7.58. The summed E-state index contributed by atoms with van der Waals surface area (Å²) in [5.74, 6) is 0.343. The van der Waals surface area contributed by atoms with Crippen molar-refractivity contribution in [2.75, 3.05) is 11.5 Å². The average Bonchev–Trinajstić information content (AvgIpc) is 3.32. The number of thioether (sulfide) groups is 1. The molecule has 0 bridgehead atoms. The zero-order valence-electron chi connectivity index (χ0n) is 18.2. The van der Waals surface area contributed by atoms with Crippen LogP contribution in [0.1, 0.15) is 35.5 Å². The van der Waals surface area contributed by atoms with E-state index >= 15 is 0 Å². The number of nitrogens with one attached hydrogen (secondary N) is 1. The van der Waals surface area contributed by atoms with Gasteiger partial charge >= 0.3 is 0 Å². The van der Waals surface area contributed by atoms with Crippen molar-refractivity contribution in [2.45, 2.75) is 43.3 Å². The molecule has 4 rings (SSSR count). The van der Waals surface area contributed by atoms with Crippen molar-refractivity contribution in [3.63, 3.8) is 0 Å². The molecule has 2 aromatic carbocycles. The maximum atomic E-state index is 14.7. The van der Waals surface area contributed by atoms with E-state index in [1.807, 2.05) is 13.8 Å². The van der Waals surface area contributed by atoms with Crippen LogP contribution in [-0.2, 0) is 13.1 Å². The summed E-state index contributed by atoms with van der Waals surface area (Å²) in [6.07, 6.45) is 0.685. The van der Waals surface area contributed by atoms with E-state index < -0.39 is 12.0 Å². The minimum absolute atomic E-state index is 0.0503. The molecule has 1 aliphatic heterocycles. The van der Waals surface area contributed by atoms with Crippen molar-refractivity contribution < 1.29 is 23.4 Å². The van der Waals surface area contributed by atoms with Crippen molar-refractivity contribution in [3.05, 3.63) is 76.5 Å². The molecular weight excluding hydrogens is 467 g/mol. The first-order valence-corrected chi connectivity index (χ1v) is 11.8. The Kier molecular flexibility index (Phi) is 7.17. The molecule has 1 aliphatic rings. The number of anilines is 1. The van der Waals surface area contributed by atoms with Crippen LogP contribution in [0, 0.1) is 5.82 Å². The summed E-state index contributed by atoms with van der Waals surface area (Å²) in [6.45, 7) is 4.44. The third kappa shape index (κ3) is 4.98. The topological polar surface area (TPSA) is 74.9 Å². The second kappa shape index (κ2) is 10.1. The molecule has 1 aromatic heterocycles. The predicted octanol–water partition coefficient (Wildman–Crippen LogP) is 5.22. The summed E-state index contributed by atoms with van der Waals surface area (Å²) in [5, 5.41) is 13.7. The normalized spacial score (nSPS) is 17.5. The minimum atomic E-state index is -0.868. The Hall–Kier alpha value is -2.68. The van der Waals surface area contributed by atoms with Crippen LogP contribution < -0.4 is 15.0 Å². The van der Waals surface area contributed by atoms with Crippen LogP contribution in [0.15, 0.2) is 58.0 Å². The fraction of sp³-hybridized carbons (Fsp3) is 0.292. The van der Waals surface area contributed by atoms with Gasteiger partial charge in [-0.25, -0.2) is 4.39 Å². The smallest absolute Gasteiger partial charge is 0.251 e. The summed E-state index contributed by atoms with van der Waals surface area (Å²) < 4.78 is 25.4. The maximum Gasteiger partial charge on any atom is 0.251 e. The number of fused-ring (bicyclic) bond motifs is 1. The van der Waals surface area contributed by atoms with Gasteiger partial charge in [0.2, 0.25) is 0 Å². The molecule has 2 unspecified atom stereocenters. The van der Waals surface area contributed by atoms with E-state index in [1.165, 1.54) is 23.9 Å². The van der Waals surface area contributed by atoms with Crippen molar-refractivity contribution in [1.29, 1.82) is 0 Å². The molecule has 33 heavy (non-hydrogen) atoms. The number of aliphatic hydroxyl groups excluding tert-OH is 1. The van der Waals surface area contributed by atoms with E-state index in [-0.39, 0.29) is 34.8 Å². The highest BCUT2D eigenvalue weighted by atomic mass is 35.5. The summed E-state index contributed by atoms with van der Waals surface area (Å²) in [7, 11) is 0. The van der Waals surface area contributed by atoms with Gasteiger partial charge in [0.05, 0.1) is 41.9 Å². The van der Waals surface area contributed by atoms with E-state index in [0.29, 0.717) is 29.4 Å². The Bertz CT molecular complexity index is 1140. The van der Waals surface area contributed by atoms with Gasteiger partial charge in [0, 0.05) is 16.0 Å². The van der Waals surface area contributed by atoms with Crippen molar-refractivity contribution >= 4 is 35.0 Å². The lowest BCUT2D eigenvalue weighted by atomic mass is 10.1. The van der Waals surface area contributed by atoms with Crippen LogP contribution in [0.2, 0.25) is 5.02 Å². The lowest BCUT2D eigenvalue weighted by Gasteiger charge is -2.39. The summed E-state index contributed by atoms with van der Waals surface area (Å²) in [6, 6.07) is 11.6. The van der Waals surface area contributed by atoms with Gasteiger partial charge < -0.3 is 24.5 Å². The van der Waals surface area contributed by atoms with E-state index in [0.717, 1.165) is 4.90 Å². The number of furan rings is 1. The first-order chi connectivity index (χ1) is 15.9. The van der Waals surface area contributed by atoms with Gasteiger partial charge in [-0.1, -0.05) is 11.6 Å². The molecule has 2 N–H and O–H groups in total. The molecule has 6 nitrogen and oxygen atoms in total. The fourth-order valence-corrected chi connectivity index (χ4v) is 5.10. The lowest BCUT2D eigenvalue weighted by molar-refractivity contribution is 0.0948. The standard InChI is InChI=1S/C24H24ClFN2O4S/c1-3-31-20-9-7-18(26)17(22(20)25)13-28-19-8-6-15(11-21(19)33-14(2)24(28)30)23(29)27-12-16-5-4-10-32-16/h4-11,14,24,30H,3,12-13H2,1-2H3,(H,27,29). The highest BCUT2D eigenvalue weighted by molar-refractivity contribution is 8.00. The summed E-state index contributed by atoms with van der Waals surface area (Å²) in [4.78, 5) is 15.1. The molecule has 9 heteroatoms. The second-order valence-corrected chi connectivity index (χ2v) is 9.38. The number of aliphatic hydroxyl groups is 1. The first-order valence-electron chi connectivity index (χ1n) is 10.5.